The van der Waals surface area contributed by atoms with E-state index in [9.17, 15) is 13.2 Å². The van der Waals surface area contributed by atoms with Crippen molar-refractivity contribution in [2.24, 2.45) is 0 Å². The molecule has 0 bridgehead atoms. The monoisotopic (exact) mass is 233 g/mol. The van der Waals surface area contributed by atoms with Crippen LogP contribution < -0.4 is 10.5 Å². The maximum atomic E-state index is 12.0. The van der Waals surface area contributed by atoms with E-state index in [0.717, 1.165) is 6.07 Å². The molecule has 0 radical (unpaired) electrons. The van der Waals surface area contributed by atoms with Crippen LogP contribution in [0.4, 0.5) is 18.9 Å². The van der Waals surface area contributed by atoms with E-state index in [4.69, 9.17) is 10.8 Å². The summed E-state index contributed by atoms with van der Waals surface area (Å²) in [6, 6.07) is 3.75. The molecule has 0 atom stereocenters. The highest BCUT2D eigenvalue weighted by Crippen LogP contribution is 2.28. The Morgan fingerprint density at radius 1 is 1.38 bits per heavy atom. The van der Waals surface area contributed by atoms with Gasteiger partial charge in [-0.3, -0.25) is 0 Å². The van der Waals surface area contributed by atoms with Gasteiger partial charge in [0.05, 0.1) is 6.61 Å². The number of alkyl halides is 3. The molecule has 0 amide bonds. The van der Waals surface area contributed by atoms with Crippen molar-refractivity contribution in [3.63, 3.8) is 0 Å². The first-order valence-electron chi connectivity index (χ1n) is 4.35. The van der Waals surface area contributed by atoms with Crippen LogP contribution in [0.25, 0.3) is 6.08 Å². The number of ether oxygens (including phenoxy) is 1. The zero-order chi connectivity index (χ0) is 12.2. The Morgan fingerprint density at radius 3 is 2.62 bits per heavy atom. The van der Waals surface area contributed by atoms with Gasteiger partial charge in [-0.1, -0.05) is 12.2 Å². The van der Waals surface area contributed by atoms with Crippen LogP contribution in [-0.2, 0) is 0 Å². The summed E-state index contributed by atoms with van der Waals surface area (Å²) in [5.74, 6) is -0.355. The molecule has 3 N–H and O–H groups in total. The summed E-state index contributed by atoms with van der Waals surface area (Å²) >= 11 is 0. The van der Waals surface area contributed by atoms with Gasteiger partial charge in [0, 0.05) is 11.3 Å². The fraction of sp³-hybridized carbons (Fsp3) is 0.200. The van der Waals surface area contributed by atoms with Crippen molar-refractivity contribution in [1.82, 2.24) is 0 Å². The number of aliphatic hydroxyl groups is 1. The lowest BCUT2D eigenvalue weighted by Gasteiger charge is -2.11. The van der Waals surface area contributed by atoms with E-state index in [-0.39, 0.29) is 17.9 Å². The third-order valence-electron chi connectivity index (χ3n) is 1.66. The van der Waals surface area contributed by atoms with E-state index in [2.05, 4.69) is 4.74 Å². The number of anilines is 1. The van der Waals surface area contributed by atoms with E-state index in [1.54, 1.807) is 0 Å². The Kier molecular flexibility index (Phi) is 3.78. The highest BCUT2D eigenvalue weighted by Gasteiger charge is 2.31. The van der Waals surface area contributed by atoms with Crippen molar-refractivity contribution in [2.45, 2.75) is 6.36 Å². The van der Waals surface area contributed by atoms with Gasteiger partial charge in [-0.15, -0.1) is 13.2 Å². The molecular formula is C10H10F3NO2. The zero-order valence-electron chi connectivity index (χ0n) is 8.16. The molecule has 1 aromatic carbocycles. The van der Waals surface area contributed by atoms with Crippen LogP contribution in [0.15, 0.2) is 24.3 Å². The summed E-state index contributed by atoms with van der Waals surface area (Å²) in [6.45, 7) is -0.278. The molecule has 0 saturated heterocycles. The third-order valence-corrected chi connectivity index (χ3v) is 1.66. The highest BCUT2D eigenvalue weighted by atomic mass is 19.4. The number of aliphatic hydroxyl groups excluding tert-OH is 1. The first kappa shape index (κ1) is 12.4. The van der Waals surface area contributed by atoms with Crippen LogP contribution in [0.2, 0.25) is 0 Å². The summed E-state index contributed by atoms with van der Waals surface area (Å²) in [5.41, 5.74) is 5.90. The van der Waals surface area contributed by atoms with Crippen LogP contribution in [0, 0.1) is 0 Å². The van der Waals surface area contributed by atoms with Crippen molar-refractivity contribution in [3.05, 3.63) is 29.8 Å². The lowest BCUT2D eigenvalue weighted by atomic mass is 10.1. The Morgan fingerprint density at radius 2 is 2.06 bits per heavy atom. The van der Waals surface area contributed by atoms with Gasteiger partial charge in [0.1, 0.15) is 5.75 Å². The Bertz CT molecular complexity index is 388. The fourth-order valence-electron chi connectivity index (χ4n) is 1.09. The van der Waals surface area contributed by atoms with Gasteiger partial charge in [0.15, 0.2) is 0 Å². The number of rotatable bonds is 3. The minimum Gasteiger partial charge on any atom is -0.405 e. The fourth-order valence-corrected chi connectivity index (χ4v) is 1.09. The predicted molar refractivity (Wildman–Crippen MR) is 53.7 cm³/mol. The molecule has 0 unspecified atom stereocenters. The first-order chi connectivity index (χ1) is 7.42. The van der Waals surface area contributed by atoms with Crippen LogP contribution in [-0.4, -0.2) is 18.1 Å². The summed E-state index contributed by atoms with van der Waals surface area (Å²) in [6.07, 6.45) is -2.16. The van der Waals surface area contributed by atoms with Gasteiger partial charge in [0.25, 0.3) is 0 Å². The molecular weight excluding hydrogens is 223 g/mol. The molecule has 6 heteroatoms. The number of nitrogens with two attached hydrogens (primary N) is 1. The van der Waals surface area contributed by atoms with E-state index >= 15 is 0 Å². The van der Waals surface area contributed by atoms with Crippen molar-refractivity contribution in [2.75, 3.05) is 12.3 Å². The molecule has 88 valence electrons. The average molecular weight is 233 g/mol. The second kappa shape index (κ2) is 4.89. The molecule has 0 aliphatic carbocycles. The molecule has 0 fully saturated rings. The minimum absolute atomic E-state index is 0.159. The normalized spacial score (nSPS) is 12.0. The Balaban J connectivity index is 3.03. The number of hydrogen-bond donors (Lipinski definition) is 2. The van der Waals surface area contributed by atoms with Crippen molar-refractivity contribution in [3.8, 4) is 5.75 Å². The maximum absolute atomic E-state index is 12.0. The van der Waals surface area contributed by atoms with E-state index < -0.39 is 6.36 Å². The molecule has 16 heavy (non-hydrogen) atoms. The summed E-state index contributed by atoms with van der Waals surface area (Å²) in [4.78, 5) is 0. The van der Waals surface area contributed by atoms with Crippen LogP contribution >= 0.6 is 0 Å². The molecule has 0 saturated carbocycles. The molecule has 0 aliphatic rings. The standard InChI is InChI=1S/C10H10F3NO2/c11-10(12,13)16-9-4-3-8(14)6-7(9)2-1-5-15/h1-4,6,15H,5,14H2. The van der Waals surface area contributed by atoms with Gasteiger partial charge < -0.3 is 15.6 Å². The van der Waals surface area contributed by atoms with E-state index in [1.807, 2.05) is 0 Å². The quantitative estimate of drug-likeness (QED) is 0.786. The van der Waals surface area contributed by atoms with E-state index in [1.165, 1.54) is 24.3 Å². The largest absolute Gasteiger partial charge is 0.573 e. The van der Waals surface area contributed by atoms with Crippen molar-refractivity contribution >= 4 is 11.8 Å². The second-order valence-electron chi connectivity index (χ2n) is 2.93. The molecule has 1 aromatic rings. The topological polar surface area (TPSA) is 55.5 Å². The smallest absolute Gasteiger partial charge is 0.405 e. The third kappa shape index (κ3) is 3.82. The number of halogens is 3. The van der Waals surface area contributed by atoms with Gasteiger partial charge in [-0.2, -0.15) is 0 Å². The molecule has 0 heterocycles. The molecule has 0 aromatic heterocycles. The summed E-state index contributed by atoms with van der Waals surface area (Å²) < 4.78 is 39.8. The number of nitrogen functional groups attached to an aromatic ring is 1. The SMILES string of the molecule is Nc1ccc(OC(F)(F)F)c(C=CCO)c1. The van der Waals surface area contributed by atoms with E-state index in [0.29, 0.717) is 5.69 Å². The molecule has 3 nitrogen and oxygen atoms in total. The number of benzene rings is 1. The number of hydrogen-bond acceptors (Lipinski definition) is 3. The van der Waals surface area contributed by atoms with Gasteiger partial charge in [-0.05, 0) is 18.2 Å². The van der Waals surface area contributed by atoms with Crippen LogP contribution in [0.3, 0.4) is 0 Å². The van der Waals surface area contributed by atoms with Crippen LogP contribution in [0.5, 0.6) is 5.75 Å². The van der Waals surface area contributed by atoms with Gasteiger partial charge in [0.2, 0.25) is 0 Å². The maximum Gasteiger partial charge on any atom is 0.573 e. The predicted octanol–water partition coefficient (Wildman–Crippen LogP) is 2.17. The lowest BCUT2D eigenvalue weighted by molar-refractivity contribution is -0.274. The minimum atomic E-state index is -4.75. The zero-order valence-corrected chi connectivity index (χ0v) is 8.16. The van der Waals surface area contributed by atoms with Gasteiger partial charge in [-0.25, -0.2) is 0 Å². The Hall–Kier alpha value is -1.69. The highest BCUT2D eigenvalue weighted by molar-refractivity contribution is 5.62. The second-order valence-corrected chi connectivity index (χ2v) is 2.93. The van der Waals surface area contributed by atoms with Gasteiger partial charge >= 0.3 is 6.36 Å². The summed E-state index contributed by atoms with van der Waals surface area (Å²) in [5, 5.41) is 8.54. The molecule has 1 rings (SSSR count). The molecule has 0 spiro atoms. The van der Waals surface area contributed by atoms with Crippen molar-refractivity contribution in [1.29, 1.82) is 0 Å². The first-order valence-corrected chi connectivity index (χ1v) is 4.35. The Labute approximate surface area is 89.9 Å². The summed E-state index contributed by atoms with van der Waals surface area (Å²) in [7, 11) is 0. The molecule has 0 aliphatic heterocycles. The van der Waals surface area contributed by atoms with Crippen molar-refractivity contribution < 1.29 is 23.0 Å². The lowest BCUT2D eigenvalue weighted by Crippen LogP contribution is -2.17. The van der Waals surface area contributed by atoms with Crippen LogP contribution in [0.1, 0.15) is 5.56 Å². The average Bonchev–Trinajstić information content (AvgIpc) is 2.16.